The second kappa shape index (κ2) is 8.40. The second-order valence-corrected chi connectivity index (χ2v) is 9.86. The fourth-order valence-electron chi connectivity index (χ4n) is 4.21. The molecule has 0 radical (unpaired) electrons. The molecule has 0 spiro atoms. The van der Waals surface area contributed by atoms with E-state index >= 15 is 0 Å². The number of aliphatic hydroxyl groups excluding tert-OH is 1. The van der Waals surface area contributed by atoms with Crippen LogP contribution in [0, 0.1) is 0 Å². The molecular formula is C25H18N2O6S2. The lowest BCUT2D eigenvalue weighted by atomic mass is 9.99. The third-order valence-corrected chi connectivity index (χ3v) is 7.81. The molecule has 4 heterocycles. The van der Waals surface area contributed by atoms with E-state index in [-0.39, 0.29) is 11.3 Å². The number of methoxy groups -OCH3 is 1. The van der Waals surface area contributed by atoms with E-state index in [1.807, 2.05) is 23.6 Å². The quantitative estimate of drug-likeness (QED) is 0.242. The normalized spacial score (nSPS) is 18.9. The van der Waals surface area contributed by atoms with E-state index in [0.29, 0.717) is 46.7 Å². The molecule has 1 amide bonds. The molecule has 0 bridgehead atoms. The summed E-state index contributed by atoms with van der Waals surface area (Å²) >= 11 is 2.68. The van der Waals surface area contributed by atoms with Crippen LogP contribution in [0.15, 0.2) is 59.5 Å². The maximum atomic E-state index is 13.3. The van der Waals surface area contributed by atoms with Crippen LogP contribution in [0.4, 0.5) is 5.13 Å². The minimum Gasteiger partial charge on any atom is -0.507 e. The SMILES string of the molecule is COc1ccc2nc(N3C(=O)C(=O)C(=C(O)c4ccc5c(c4)OCCO5)[C@@H]3c3cccs3)sc2c1. The van der Waals surface area contributed by atoms with Crippen LogP contribution in [-0.2, 0) is 9.59 Å². The Balaban J connectivity index is 1.50. The lowest BCUT2D eigenvalue weighted by Gasteiger charge is -2.22. The highest BCUT2D eigenvalue weighted by Crippen LogP contribution is 2.46. The van der Waals surface area contributed by atoms with Crippen LogP contribution in [0.5, 0.6) is 17.2 Å². The first-order valence-electron chi connectivity index (χ1n) is 10.7. The van der Waals surface area contributed by atoms with Crippen LogP contribution in [0.2, 0.25) is 0 Å². The number of thiazole rings is 1. The highest BCUT2D eigenvalue weighted by Gasteiger charge is 2.48. The number of carbonyl (C=O) groups is 2. The second-order valence-electron chi connectivity index (χ2n) is 7.87. The Kier molecular flexibility index (Phi) is 5.19. The lowest BCUT2D eigenvalue weighted by molar-refractivity contribution is -0.132. The average Bonchev–Trinajstić information content (AvgIpc) is 3.61. The molecule has 2 aromatic heterocycles. The minimum absolute atomic E-state index is 0.00552. The molecule has 176 valence electrons. The van der Waals surface area contributed by atoms with Crippen LogP contribution in [0.25, 0.3) is 16.0 Å². The summed E-state index contributed by atoms with van der Waals surface area (Å²) in [4.78, 5) is 33.4. The van der Waals surface area contributed by atoms with Gasteiger partial charge in [0.2, 0.25) is 0 Å². The average molecular weight is 507 g/mol. The van der Waals surface area contributed by atoms with Crippen LogP contribution < -0.4 is 19.1 Å². The van der Waals surface area contributed by atoms with Gasteiger partial charge in [0, 0.05) is 10.4 Å². The number of anilines is 1. The zero-order chi connectivity index (χ0) is 24.1. The summed E-state index contributed by atoms with van der Waals surface area (Å²) in [5.74, 6) is -0.0800. The molecule has 2 aromatic carbocycles. The maximum Gasteiger partial charge on any atom is 0.301 e. The summed E-state index contributed by atoms with van der Waals surface area (Å²) in [6.07, 6.45) is 0. The van der Waals surface area contributed by atoms with Gasteiger partial charge in [-0.15, -0.1) is 11.3 Å². The molecular weight excluding hydrogens is 488 g/mol. The number of Topliss-reactive ketones (excluding diaryl/α,β-unsaturated/α-hetero) is 1. The molecule has 6 rings (SSSR count). The van der Waals surface area contributed by atoms with Gasteiger partial charge in [-0.1, -0.05) is 17.4 Å². The molecule has 2 aliphatic heterocycles. The fourth-order valence-corrected chi connectivity index (χ4v) is 6.06. The first-order chi connectivity index (χ1) is 17.0. The number of rotatable bonds is 4. The number of ketones is 1. The topological polar surface area (TPSA) is 98.2 Å². The standard InChI is InChI=1S/C25H18N2O6S2/c1-31-14-5-6-15-19(12-14)35-25(26-15)27-21(18-3-2-10-34-18)20(23(29)24(27)30)22(28)13-4-7-16-17(11-13)33-9-8-32-16/h2-7,10-12,21,28H,8-9H2,1H3/t21-/m0/s1. The van der Waals surface area contributed by atoms with Crippen molar-refractivity contribution in [3.8, 4) is 17.2 Å². The number of fused-ring (bicyclic) bond motifs is 2. The molecule has 1 atom stereocenters. The van der Waals surface area contributed by atoms with E-state index in [4.69, 9.17) is 14.2 Å². The van der Waals surface area contributed by atoms with Crippen molar-refractivity contribution in [3.05, 3.63) is 69.9 Å². The third-order valence-electron chi connectivity index (χ3n) is 5.86. The van der Waals surface area contributed by atoms with Gasteiger partial charge in [-0.2, -0.15) is 0 Å². The molecule has 2 aliphatic rings. The number of aliphatic hydroxyl groups is 1. The van der Waals surface area contributed by atoms with Crippen molar-refractivity contribution in [3.63, 3.8) is 0 Å². The predicted molar refractivity (Wildman–Crippen MR) is 133 cm³/mol. The molecule has 8 nitrogen and oxygen atoms in total. The fraction of sp³-hybridized carbons (Fsp3) is 0.160. The number of ether oxygens (including phenoxy) is 3. The number of hydrogen-bond donors (Lipinski definition) is 1. The van der Waals surface area contributed by atoms with Crippen molar-refractivity contribution >= 4 is 55.5 Å². The molecule has 1 N–H and O–H groups in total. The van der Waals surface area contributed by atoms with E-state index in [1.165, 1.54) is 27.6 Å². The van der Waals surface area contributed by atoms with E-state index in [0.717, 1.165) is 9.58 Å². The smallest absolute Gasteiger partial charge is 0.301 e. The predicted octanol–water partition coefficient (Wildman–Crippen LogP) is 4.76. The van der Waals surface area contributed by atoms with Gasteiger partial charge < -0.3 is 19.3 Å². The summed E-state index contributed by atoms with van der Waals surface area (Å²) in [6.45, 7) is 0.828. The van der Waals surface area contributed by atoms with Gasteiger partial charge in [0.05, 0.1) is 22.9 Å². The van der Waals surface area contributed by atoms with Crippen molar-refractivity contribution in [1.82, 2.24) is 4.98 Å². The van der Waals surface area contributed by atoms with Gasteiger partial charge in [-0.3, -0.25) is 14.5 Å². The third kappa shape index (κ3) is 3.53. The highest BCUT2D eigenvalue weighted by molar-refractivity contribution is 7.22. The minimum atomic E-state index is -0.814. The van der Waals surface area contributed by atoms with Crippen LogP contribution in [-0.4, -0.2) is 42.1 Å². The molecule has 0 unspecified atom stereocenters. The molecule has 10 heteroatoms. The van der Waals surface area contributed by atoms with Crippen molar-refractivity contribution in [2.45, 2.75) is 6.04 Å². The number of carbonyl (C=O) groups excluding carboxylic acids is 2. The Hall–Kier alpha value is -3.89. The number of thiophene rings is 1. The van der Waals surface area contributed by atoms with Gasteiger partial charge >= 0.3 is 5.91 Å². The summed E-state index contributed by atoms with van der Waals surface area (Å²) in [5, 5.41) is 13.5. The number of nitrogens with zero attached hydrogens (tertiary/aromatic N) is 2. The Morgan fingerprint density at radius 3 is 2.71 bits per heavy atom. The zero-order valence-corrected chi connectivity index (χ0v) is 20.0. The van der Waals surface area contributed by atoms with Gasteiger partial charge in [-0.25, -0.2) is 4.98 Å². The monoisotopic (exact) mass is 506 g/mol. The van der Waals surface area contributed by atoms with Crippen molar-refractivity contribution in [2.24, 2.45) is 0 Å². The summed E-state index contributed by atoms with van der Waals surface area (Å²) in [5.41, 5.74) is 1.05. The van der Waals surface area contributed by atoms with Crippen LogP contribution in [0.3, 0.4) is 0 Å². The zero-order valence-electron chi connectivity index (χ0n) is 18.4. The van der Waals surface area contributed by atoms with E-state index < -0.39 is 17.7 Å². The summed E-state index contributed by atoms with van der Waals surface area (Å²) in [6, 6.07) is 13.2. The molecule has 35 heavy (non-hydrogen) atoms. The number of hydrogen-bond acceptors (Lipinski definition) is 9. The lowest BCUT2D eigenvalue weighted by Crippen LogP contribution is -2.28. The number of aromatic nitrogens is 1. The Bertz CT molecular complexity index is 1510. The van der Waals surface area contributed by atoms with Gasteiger partial charge in [0.25, 0.3) is 5.78 Å². The Morgan fingerprint density at radius 1 is 1.11 bits per heavy atom. The van der Waals surface area contributed by atoms with Crippen molar-refractivity contribution in [2.75, 3.05) is 25.2 Å². The van der Waals surface area contributed by atoms with Gasteiger partial charge in [0.1, 0.15) is 30.8 Å². The molecule has 0 aliphatic carbocycles. The maximum absolute atomic E-state index is 13.3. The molecule has 1 fully saturated rings. The van der Waals surface area contributed by atoms with E-state index in [9.17, 15) is 14.7 Å². The summed E-state index contributed by atoms with van der Waals surface area (Å²) in [7, 11) is 1.58. The summed E-state index contributed by atoms with van der Waals surface area (Å²) < 4.78 is 17.3. The largest absolute Gasteiger partial charge is 0.507 e. The van der Waals surface area contributed by atoms with Gasteiger partial charge in [0.15, 0.2) is 16.6 Å². The van der Waals surface area contributed by atoms with Gasteiger partial charge in [-0.05, 0) is 47.8 Å². The first-order valence-corrected chi connectivity index (χ1v) is 12.4. The van der Waals surface area contributed by atoms with Crippen molar-refractivity contribution < 1.29 is 28.9 Å². The molecule has 0 saturated carbocycles. The Morgan fingerprint density at radius 2 is 1.94 bits per heavy atom. The first kappa shape index (κ1) is 21.6. The molecule has 4 aromatic rings. The van der Waals surface area contributed by atoms with E-state index in [1.54, 1.807) is 37.4 Å². The van der Waals surface area contributed by atoms with Crippen molar-refractivity contribution in [1.29, 1.82) is 0 Å². The number of benzene rings is 2. The highest BCUT2D eigenvalue weighted by atomic mass is 32.1. The molecule has 1 saturated heterocycles. The number of amides is 1. The van der Waals surface area contributed by atoms with E-state index in [2.05, 4.69) is 4.98 Å². The van der Waals surface area contributed by atoms with Crippen LogP contribution in [0.1, 0.15) is 16.5 Å². The Labute approximate surface area is 207 Å². The van der Waals surface area contributed by atoms with Crippen LogP contribution >= 0.6 is 22.7 Å².